The molecule has 5 heteroatoms. The van der Waals surface area contributed by atoms with Crippen LogP contribution in [0.1, 0.15) is 19.8 Å². The minimum Gasteiger partial charge on any atom is -0.494 e. The Morgan fingerprint density at radius 3 is 3.00 bits per heavy atom. The Hall–Kier alpha value is -0.680. The molecular weight excluding hydrogens is 324 g/mol. The molecule has 3 nitrogen and oxygen atoms in total. The number of alkyl halides is 1. The summed E-state index contributed by atoms with van der Waals surface area (Å²) in [6, 6.07) is 6.01. The second kappa shape index (κ2) is 5.37. The fourth-order valence-electron chi connectivity index (χ4n) is 2.00. The molecule has 1 aromatic heterocycles. The van der Waals surface area contributed by atoms with Gasteiger partial charge in [0.25, 0.3) is 0 Å². The largest absolute Gasteiger partial charge is 0.494 e. The number of rotatable bonds is 6. The number of aromatic amines is 1. The van der Waals surface area contributed by atoms with E-state index in [0.717, 1.165) is 33.0 Å². The smallest absolute Gasteiger partial charge is 0.166 e. The molecule has 1 aliphatic rings. The number of halogens is 1. The van der Waals surface area contributed by atoms with Crippen molar-refractivity contribution in [1.82, 2.24) is 9.97 Å². The Bertz CT molecular complexity index is 580. The first-order chi connectivity index (χ1) is 9.24. The third-order valence-electron chi connectivity index (χ3n) is 3.50. The second-order valence-corrected chi connectivity index (χ2v) is 6.60. The Labute approximate surface area is 125 Å². The molecule has 0 unspecified atom stereocenters. The number of benzene rings is 1. The van der Waals surface area contributed by atoms with Crippen LogP contribution in [0, 0.1) is 5.41 Å². The average Bonchev–Trinajstić information content (AvgIpc) is 3.09. The van der Waals surface area contributed by atoms with Crippen molar-refractivity contribution >= 4 is 38.7 Å². The lowest BCUT2D eigenvalue weighted by Gasteiger charge is -2.08. The molecule has 1 heterocycles. The number of nitrogens with zero attached hydrogens (tertiary/aromatic N) is 1. The number of H-pyrrole nitrogens is 1. The summed E-state index contributed by atoms with van der Waals surface area (Å²) in [4.78, 5) is 7.99. The van der Waals surface area contributed by atoms with Gasteiger partial charge in [0.2, 0.25) is 0 Å². The quantitative estimate of drug-likeness (QED) is 0.631. The number of fused-ring (bicyclic) bond motifs is 1. The van der Waals surface area contributed by atoms with Crippen LogP contribution in [0.25, 0.3) is 11.0 Å². The summed E-state index contributed by atoms with van der Waals surface area (Å²) >= 11 is 5.43. The zero-order valence-corrected chi connectivity index (χ0v) is 13.3. The van der Waals surface area contributed by atoms with Gasteiger partial charge in [-0.1, -0.05) is 27.7 Å². The highest BCUT2D eigenvalue weighted by Crippen LogP contribution is 2.50. The standard InChI is InChI=1S/C14H17BrN2OS/c1-2-18-10-3-4-11-12(7-10)17-13(16-11)19-9-14(8-15)5-6-14/h3-4,7H,2,5-6,8-9H2,1H3,(H,16,17). The summed E-state index contributed by atoms with van der Waals surface area (Å²) < 4.78 is 5.50. The van der Waals surface area contributed by atoms with Crippen molar-refractivity contribution in [1.29, 1.82) is 0 Å². The first kappa shape index (κ1) is 13.3. The highest BCUT2D eigenvalue weighted by atomic mass is 79.9. The molecule has 0 amide bonds. The van der Waals surface area contributed by atoms with Crippen LogP contribution in [0.5, 0.6) is 5.75 Å². The molecule has 2 aromatic rings. The molecular formula is C14H17BrN2OS. The van der Waals surface area contributed by atoms with E-state index in [4.69, 9.17) is 4.74 Å². The van der Waals surface area contributed by atoms with E-state index in [1.54, 1.807) is 0 Å². The molecule has 3 rings (SSSR count). The molecule has 1 saturated carbocycles. The van der Waals surface area contributed by atoms with Crippen molar-refractivity contribution in [3.63, 3.8) is 0 Å². The van der Waals surface area contributed by atoms with Crippen LogP contribution in [-0.4, -0.2) is 27.7 Å². The van der Waals surface area contributed by atoms with Crippen LogP contribution in [0.3, 0.4) is 0 Å². The third kappa shape index (κ3) is 2.92. The zero-order chi connectivity index (χ0) is 13.3. The maximum atomic E-state index is 5.50. The maximum absolute atomic E-state index is 5.50. The number of hydrogen-bond donors (Lipinski definition) is 1. The molecule has 19 heavy (non-hydrogen) atoms. The van der Waals surface area contributed by atoms with E-state index in [0.29, 0.717) is 12.0 Å². The molecule has 1 fully saturated rings. The Kier molecular flexibility index (Phi) is 3.76. The minimum atomic E-state index is 0.514. The van der Waals surface area contributed by atoms with Crippen molar-refractivity contribution in [2.45, 2.75) is 24.9 Å². The van der Waals surface area contributed by atoms with Crippen molar-refractivity contribution in [3.8, 4) is 5.75 Å². The van der Waals surface area contributed by atoms with E-state index >= 15 is 0 Å². The molecule has 0 radical (unpaired) electrons. The highest BCUT2D eigenvalue weighted by molar-refractivity contribution is 9.09. The van der Waals surface area contributed by atoms with Crippen molar-refractivity contribution in [2.75, 3.05) is 17.7 Å². The number of thioether (sulfide) groups is 1. The Balaban J connectivity index is 1.74. The molecule has 0 bridgehead atoms. The van der Waals surface area contributed by atoms with Gasteiger partial charge in [-0.3, -0.25) is 0 Å². The summed E-state index contributed by atoms with van der Waals surface area (Å²) in [5.41, 5.74) is 2.58. The minimum absolute atomic E-state index is 0.514. The van der Waals surface area contributed by atoms with Gasteiger partial charge in [0, 0.05) is 17.1 Å². The number of nitrogens with one attached hydrogen (secondary N) is 1. The third-order valence-corrected chi connectivity index (χ3v) is 5.91. The van der Waals surface area contributed by atoms with Crippen LogP contribution in [0.2, 0.25) is 0 Å². The Morgan fingerprint density at radius 2 is 2.32 bits per heavy atom. The number of ether oxygens (including phenoxy) is 1. The van der Waals surface area contributed by atoms with Gasteiger partial charge in [-0.15, -0.1) is 0 Å². The lowest BCUT2D eigenvalue weighted by atomic mass is 10.2. The lowest BCUT2D eigenvalue weighted by molar-refractivity contribution is 0.340. The van der Waals surface area contributed by atoms with E-state index in [2.05, 4.69) is 25.9 Å². The molecule has 1 aliphatic carbocycles. The number of hydrogen-bond acceptors (Lipinski definition) is 3. The van der Waals surface area contributed by atoms with Crippen molar-refractivity contribution in [3.05, 3.63) is 18.2 Å². The van der Waals surface area contributed by atoms with E-state index in [1.165, 1.54) is 12.8 Å². The van der Waals surface area contributed by atoms with Crippen molar-refractivity contribution < 1.29 is 4.74 Å². The Morgan fingerprint density at radius 1 is 1.47 bits per heavy atom. The van der Waals surface area contributed by atoms with Gasteiger partial charge in [-0.05, 0) is 37.3 Å². The molecule has 102 valence electrons. The monoisotopic (exact) mass is 340 g/mol. The van der Waals surface area contributed by atoms with Gasteiger partial charge in [0.1, 0.15) is 5.75 Å². The summed E-state index contributed by atoms with van der Waals surface area (Å²) in [5, 5.41) is 2.11. The first-order valence-electron chi connectivity index (χ1n) is 6.56. The van der Waals surface area contributed by atoms with E-state index < -0.39 is 0 Å². The summed E-state index contributed by atoms with van der Waals surface area (Å²) in [6.45, 7) is 2.68. The van der Waals surface area contributed by atoms with Gasteiger partial charge in [-0.2, -0.15) is 0 Å². The van der Waals surface area contributed by atoms with Crippen LogP contribution in [0.15, 0.2) is 23.4 Å². The molecule has 0 saturated heterocycles. The van der Waals surface area contributed by atoms with Gasteiger partial charge in [-0.25, -0.2) is 4.98 Å². The molecule has 0 aliphatic heterocycles. The zero-order valence-electron chi connectivity index (χ0n) is 10.9. The average molecular weight is 341 g/mol. The molecule has 0 spiro atoms. The first-order valence-corrected chi connectivity index (χ1v) is 8.67. The SMILES string of the molecule is CCOc1ccc2nc(SCC3(CBr)CC3)[nH]c2c1. The molecule has 0 atom stereocenters. The topological polar surface area (TPSA) is 37.9 Å². The summed E-state index contributed by atoms with van der Waals surface area (Å²) in [6.07, 6.45) is 2.67. The van der Waals surface area contributed by atoms with E-state index in [-0.39, 0.29) is 0 Å². The van der Waals surface area contributed by atoms with Gasteiger partial charge in [0.15, 0.2) is 5.16 Å². The number of aromatic nitrogens is 2. The van der Waals surface area contributed by atoms with Crippen LogP contribution in [0.4, 0.5) is 0 Å². The van der Waals surface area contributed by atoms with E-state index in [9.17, 15) is 0 Å². The predicted molar refractivity (Wildman–Crippen MR) is 83.4 cm³/mol. The van der Waals surface area contributed by atoms with Crippen molar-refractivity contribution in [2.24, 2.45) is 5.41 Å². The summed E-state index contributed by atoms with van der Waals surface area (Å²) in [5.74, 6) is 2.03. The fourth-order valence-corrected chi connectivity index (χ4v) is 4.21. The lowest BCUT2D eigenvalue weighted by Crippen LogP contribution is -2.05. The predicted octanol–water partition coefficient (Wildman–Crippen LogP) is 4.23. The normalized spacial score (nSPS) is 16.7. The second-order valence-electron chi connectivity index (χ2n) is 5.08. The van der Waals surface area contributed by atoms with Crippen LogP contribution >= 0.6 is 27.7 Å². The summed E-state index contributed by atoms with van der Waals surface area (Å²) in [7, 11) is 0. The molecule has 1 N–H and O–H groups in total. The van der Waals surface area contributed by atoms with Gasteiger partial charge >= 0.3 is 0 Å². The van der Waals surface area contributed by atoms with E-state index in [1.807, 2.05) is 36.9 Å². The van der Waals surface area contributed by atoms with Gasteiger partial charge in [0.05, 0.1) is 17.6 Å². The van der Waals surface area contributed by atoms with Gasteiger partial charge < -0.3 is 9.72 Å². The number of imidazole rings is 1. The molecule has 1 aromatic carbocycles. The van der Waals surface area contributed by atoms with Crippen LogP contribution in [-0.2, 0) is 0 Å². The highest BCUT2D eigenvalue weighted by Gasteiger charge is 2.41. The maximum Gasteiger partial charge on any atom is 0.166 e. The fraction of sp³-hybridized carbons (Fsp3) is 0.500. The van der Waals surface area contributed by atoms with Crippen LogP contribution < -0.4 is 4.74 Å².